The molecule has 0 saturated heterocycles. The second kappa shape index (κ2) is 7.79. The third kappa shape index (κ3) is 3.89. The van der Waals surface area contributed by atoms with E-state index >= 15 is 0 Å². The van der Waals surface area contributed by atoms with E-state index in [1.54, 1.807) is 36.5 Å². The van der Waals surface area contributed by atoms with Crippen molar-refractivity contribution >= 4 is 40.6 Å². The lowest BCUT2D eigenvalue weighted by Gasteiger charge is -2.21. The summed E-state index contributed by atoms with van der Waals surface area (Å²) in [4.78, 5) is 19.6. The van der Waals surface area contributed by atoms with Gasteiger partial charge in [-0.3, -0.25) is 15.2 Å². The summed E-state index contributed by atoms with van der Waals surface area (Å²) in [7, 11) is 0. The highest BCUT2D eigenvalue weighted by Gasteiger charge is 2.24. The van der Waals surface area contributed by atoms with E-state index in [-0.39, 0.29) is 23.4 Å². The summed E-state index contributed by atoms with van der Waals surface area (Å²) in [5.74, 6) is 0.326. The second-order valence-electron chi connectivity index (χ2n) is 5.31. The Bertz CT molecular complexity index is 884. The van der Waals surface area contributed by atoms with Crippen molar-refractivity contribution in [1.29, 1.82) is 10.8 Å². The number of hydrogen-bond donors (Lipinski definition) is 4. The number of ether oxygens (including phenoxy) is 1. The number of aromatic nitrogens is 1. The predicted octanol–water partition coefficient (Wildman–Crippen LogP) is 2.18. The number of nitrogens with one attached hydrogen (secondary N) is 3. The molecule has 5 N–H and O–H groups in total. The first kappa shape index (κ1) is 17.6. The quantitative estimate of drug-likeness (QED) is 0.473. The van der Waals surface area contributed by atoms with Crippen molar-refractivity contribution in [1.82, 2.24) is 4.98 Å². The maximum atomic E-state index is 11.5. The number of amidine groups is 1. The van der Waals surface area contributed by atoms with E-state index in [9.17, 15) is 4.79 Å². The van der Waals surface area contributed by atoms with Gasteiger partial charge in [-0.2, -0.15) is 0 Å². The molecule has 26 heavy (non-hydrogen) atoms. The number of fused-ring (bicyclic) bond motifs is 1. The zero-order valence-electron chi connectivity index (χ0n) is 13.6. The van der Waals surface area contributed by atoms with Crippen LogP contribution < -0.4 is 15.8 Å². The van der Waals surface area contributed by atoms with Crippen LogP contribution in [-0.2, 0) is 4.79 Å². The number of nitrogens with zero attached hydrogens (tertiary/aromatic N) is 2. The maximum absolute atomic E-state index is 11.5. The minimum atomic E-state index is -0.516. The Labute approximate surface area is 153 Å². The van der Waals surface area contributed by atoms with Gasteiger partial charge in [0, 0.05) is 6.20 Å². The monoisotopic (exact) mass is 368 g/mol. The molecule has 1 aromatic heterocycles. The standard InChI is InChI=1S/C17H16N6O2S/c18-9-22-17(20)26-16(11-3-1-2-6-21-11)15(19)10-4-5-13-12(7-10)23-14(24)8-25-13/h1-7,9,16,19H,8H2,(H,23,24)(H3,18,20,22). The normalized spacial score (nSPS) is 14.6. The number of anilines is 1. The molecule has 3 rings (SSSR count). The van der Waals surface area contributed by atoms with E-state index in [1.807, 2.05) is 6.07 Å². The first-order valence-electron chi connectivity index (χ1n) is 7.64. The smallest absolute Gasteiger partial charge is 0.262 e. The van der Waals surface area contributed by atoms with Gasteiger partial charge in [0.1, 0.15) is 12.1 Å². The number of amides is 1. The van der Waals surface area contributed by atoms with E-state index < -0.39 is 5.25 Å². The highest BCUT2D eigenvalue weighted by Crippen LogP contribution is 2.34. The molecule has 0 radical (unpaired) electrons. The summed E-state index contributed by atoms with van der Waals surface area (Å²) in [6.07, 6.45) is 2.49. The van der Waals surface area contributed by atoms with Crippen LogP contribution in [0.15, 0.2) is 47.6 Å². The molecule has 1 amide bonds. The van der Waals surface area contributed by atoms with Crippen LogP contribution in [0.3, 0.4) is 0 Å². The van der Waals surface area contributed by atoms with Crippen LogP contribution >= 0.6 is 11.8 Å². The molecular weight excluding hydrogens is 352 g/mol. The first-order chi connectivity index (χ1) is 12.6. The van der Waals surface area contributed by atoms with Gasteiger partial charge in [0.05, 0.1) is 22.3 Å². The number of aliphatic imine (C=N–C) groups is 1. The van der Waals surface area contributed by atoms with Gasteiger partial charge >= 0.3 is 0 Å². The fourth-order valence-corrected chi connectivity index (χ4v) is 3.28. The van der Waals surface area contributed by atoms with Crippen molar-refractivity contribution in [3.8, 4) is 5.75 Å². The molecule has 1 aliphatic rings. The molecule has 0 aliphatic carbocycles. The average Bonchev–Trinajstić information content (AvgIpc) is 2.66. The summed E-state index contributed by atoms with van der Waals surface area (Å²) in [6.45, 7) is -0.0210. The summed E-state index contributed by atoms with van der Waals surface area (Å²) < 4.78 is 5.35. The van der Waals surface area contributed by atoms with Crippen molar-refractivity contribution < 1.29 is 9.53 Å². The van der Waals surface area contributed by atoms with Gasteiger partial charge in [0.25, 0.3) is 5.91 Å². The molecule has 132 valence electrons. The number of thioether (sulfide) groups is 1. The highest BCUT2D eigenvalue weighted by molar-refractivity contribution is 8.14. The lowest BCUT2D eigenvalue weighted by Crippen LogP contribution is -2.25. The van der Waals surface area contributed by atoms with Gasteiger partial charge in [-0.15, -0.1) is 0 Å². The number of nitrogens with two attached hydrogens (primary N) is 1. The van der Waals surface area contributed by atoms with E-state index in [1.165, 1.54) is 0 Å². The largest absolute Gasteiger partial charge is 0.482 e. The lowest BCUT2D eigenvalue weighted by molar-refractivity contribution is -0.118. The number of hydrogen-bond acceptors (Lipinski definition) is 6. The van der Waals surface area contributed by atoms with E-state index in [0.29, 0.717) is 22.7 Å². The number of rotatable bonds is 5. The number of carbonyl (C=O) groups is 1. The van der Waals surface area contributed by atoms with Gasteiger partial charge in [-0.05, 0) is 35.9 Å². The predicted molar refractivity (Wildman–Crippen MR) is 102 cm³/mol. The average molecular weight is 368 g/mol. The van der Waals surface area contributed by atoms with E-state index in [0.717, 1.165) is 18.1 Å². The number of pyridine rings is 1. The lowest BCUT2D eigenvalue weighted by atomic mass is 10.0. The van der Waals surface area contributed by atoms with Crippen molar-refractivity contribution in [2.75, 3.05) is 11.9 Å². The molecule has 1 aliphatic heterocycles. The summed E-state index contributed by atoms with van der Waals surface area (Å²) >= 11 is 1.13. The minimum Gasteiger partial charge on any atom is -0.482 e. The molecule has 0 fully saturated rings. The Morgan fingerprint density at radius 1 is 1.42 bits per heavy atom. The third-order valence-electron chi connectivity index (χ3n) is 3.57. The number of benzene rings is 1. The van der Waals surface area contributed by atoms with Gasteiger partial charge in [0.2, 0.25) is 0 Å². The Kier molecular flexibility index (Phi) is 5.28. The highest BCUT2D eigenvalue weighted by atomic mass is 32.2. The zero-order chi connectivity index (χ0) is 18.5. The zero-order valence-corrected chi connectivity index (χ0v) is 14.4. The third-order valence-corrected chi connectivity index (χ3v) is 4.63. The van der Waals surface area contributed by atoms with Crippen molar-refractivity contribution in [3.63, 3.8) is 0 Å². The van der Waals surface area contributed by atoms with Crippen LogP contribution in [0.25, 0.3) is 0 Å². The first-order valence-corrected chi connectivity index (χ1v) is 8.51. The maximum Gasteiger partial charge on any atom is 0.262 e. The molecule has 0 bridgehead atoms. The van der Waals surface area contributed by atoms with Crippen LogP contribution in [0.1, 0.15) is 16.5 Å². The second-order valence-corrected chi connectivity index (χ2v) is 6.44. The Balaban J connectivity index is 1.95. The molecular formula is C17H16N6O2S. The Morgan fingerprint density at radius 3 is 3.00 bits per heavy atom. The van der Waals surface area contributed by atoms with Crippen LogP contribution in [-0.4, -0.2) is 34.7 Å². The molecule has 1 aromatic carbocycles. The van der Waals surface area contributed by atoms with Gasteiger partial charge in [-0.25, -0.2) is 4.99 Å². The summed E-state index contributed by atoms with van der Waals surface area (Å²) in [5.41, 5.74) is 7.84. The molecule has 1 atom stereocenters. The fourth-order valence-electron chi connectivity index (χ4n) is 2.42. The Morgan fingerprint density at radius 2 is 2.27 bits per heavy atom. The van der Waals surface area contributed by atoms with Gasteiger partial charge in [-0.1, -0.05) is 17.8 Å². The molecule has 0 saturated carbocycles. The van der Waals surface area contributed by atoms with Gasteiger partial charge < -0.3 is 21.2 Å². The van der Waals surface area contributed by atoms with Crippen LogP contribution in [0.2, 0.25) is 0 Å². The molecule has 1 unspecified atom stereocenters. The molecule has 8 nitrogen and oxygen atoms in total. The molecule has 2 heterocycles. The van der Waals surface area contributed by atoms with Crippen molar-refractivity contribution in [3.05, 3.63) is 53.9 Å². The van der Waals surface area contributed by atoms with Crippen LogP contribution in [0, 0.1) is 10.8 Å². The van der Waals surface area contributed by atoms with Crippen LogP contribution in [0.4, 0.5) is 5.69 Å². The summed E-state index contributed by atoms with van der Waals surface area (Å²) in [5, 5.41) is 18.1. The molecule has 2 aromatic rings. The number of carbonyl (C=O) groups excluding carboxylic acids is 1. The summed E-state index contributed by atoms with van der Waals surface area (Å²) in [6, 6.07) is 10.6. The van der Waals surface area contributed by atoms with E-state index in [2.05, 4.69) is 15.3 Å². The SMILES string of the molecule is N=CN=C(N)SC(C(=N)c1ccc2c(c1)NC(=O)CO2)c1ccccn1. The minimum absolute atomic E-state index is 0.0210. The Hall–Kier alpha value is -3.20. The molecule has 0 spiro atoms. The molecule has 9 heteroatoms. The van der Waals surface area contributed by atoms with Crippen LogP contribution in [0.5, 0.6) is 5.75 Å². The fraction of sp³-hybridized carbons (Fsp3) is 0.118. The van der Waals surface area contributed by atoms with E-state index in [4.69, 9.17) is 21.3 Å². The van der Waals surface area contributed by atoms with Crippen molar-refractivity contribution in [2.45, 2.75) is 5.25 Å². The van der Waals surface area contributed by atoms with Crippen molar-refractivity contribution in [2.24, 2.45) is 10.7 Å². The van der Waals surface area contributed by atoms with Gasteiger partial charge in [0.15, 0.2) is 11.8 Å². The topological polar surface area (TPSA) is 137 Å².